The van der Waals surface area contributed by atoms with Gasteiger partial charge in [0.2, 0.25) is 0 Å². The molecule has 0 aliphatic carbocycles. The smallest absolute Gasteiger partial charge is 0.129 e. The first-order chi connectivity index (χ1) is 8.17. The zero-order valence-corrected chi connectivity index (χ0v) is 10.5. The molecule has 0 fully saturated rings. The molecule has 0 aliphatic heterocycles. The first-order valence-corrected chi connectivity index (χ1v) is 5.82. The van der Waals surface area contributed by atoms with Crippen LogP contribution in [0.2, 0.25) is 5.02 Å². The summed E-state index contributed by atoms with van der Waals surface area (Å²) < 4.78 is 18.4. The van der Waals surface area contributed by atoms with E-state index in [-0.39, 0.29) is 18.5 Å². The van der Waals surface area contributed by atoms with E-state index in [9.17, 15) is 4.39 Å². The van der Waals surface area contributed by atoms with Gasteiger partial charge in [-0.05, 0) is 18.6 Å². The van der Waals surface area contributed by atoms with E-state index >= 15 is 0 Å². The highest BCUT2D eigenvalue weighted by molar-refractivity contribution is 6.30. The molecule has 0 bridgehead atoms. The summed E-state index contributed by atoms with van der Waals surface area (Å²) in [5.41, 5.74) is 0.533. The molecule has 0 amide bonds. The van der Waals surface area contributed by atoms with Gasteiger partial charge in [-0.15, -0.1) is 0 Å². The van der Waals surface area contributed by atoms with E-state index in [0.29, 0.717) is 30.2 Å². The lowest BCUT2D eigenvalue weighted by atomic mass is 10.1. The van der Waals surface area contributed by atoms with Crippen LogP contribution in [0.25, 0.3) is 0 Å². The fraction of sp³-hybridized carbons (Fsp3) is 0.500. The molecule has 17 heavy (non-hydrogen) atoms. The van der Waals surface area contributed by atoms with Crippen LogP contribution >= 0.6 is 11.6 Å². The zero-order valence-electron chi connectivity index (χ0n) is 9.75. The third-order valence-electron chi connectivity index (χ3n) is 2.49. The summed E-state index contributed by atoms with van der Waals surface area (Å²) in [5.74, 6) is -0.339. The van der Waals surface area contributed by atoms with Crippen molar-refractivity contribution in [1.82, 2.24) is 5.32 Å². The monoisotopic (exact) mass is 261 g/mol. The third-order valence-corrected chi connectivity index (χ3v) is 2.72. The van der Waals surface area contributed by atoms with Crippen molar-refractivity contribution in [3.05, 3.63) is 34.6 Å². The number of rotatable bonds is 7. The van der Waals surface area contributed by atoms with Crippen LogP contribution in [0.15, 0.2) is 18.2 Å². The van der Waals surface area contributed by atoms with Crippen molar-refractivity contribution in [3.8, 4) is 0 Å². The standard InChI is InChI=1S/C12H17ClFNO2/c1-17-5-4-11(8-16)15-7-9-2-3-10(13)6-12(9)14/h2-3,6,11,15-16H,4-5,7-8H2,1H3. The predicted molar refractivity (Wildman–Crippen MR) is 65.6 cm³/mol. The fourth-order valence-electron chi connectivity index (χ4n) is 1.44. The lowest BCUT2D eigenvalue weighted by molar-refractivity contribution is 0.159. The Bertz CT molecular complexity index is 349. The van der Waals surface area contributed by atoms with Gasteiger partial charge in [-0.3, -0.25) is 0 Å². The van der Waals surface area contributed by atoms with E-state index in [0.717, 1.165) is 0 Å². The normalized spacial score (nSPS) is 12.7. The van der Waals surface area contributed by atoms with Gasteiger partial charge in [0.25, 0.3) is 0 Å². The first kappa shape index (κ1) is 14.4. The Labute approximate surface area is 106 Å². The van der Waals surface area contributed by atoms with Gasteiger partial charge in [0, 0.05) is 36.9 Å². The van der Waals surface area contributed by atoms with Gasteiger partial charge in [0.05, 0.1) is 6.61 Å². The Morgan fingerprint density at radius 3 is 2.88 bits per heavy atom. The van der Waals surface area contributed by atoms with Crippen LogP contribution < -0.4 is 5.32 Å². The Morgan fingerprint density at radius 1 is 1.53 bits per heavy atom. The van der Waals surface area contributed by atoms with E-state index < -0.39 is 0 Å². The highest BCUT2D eigenvalue weighted by atomic mass is 35.5. The number of methoxy groups -OCH3 is 1. The summed E-state index contributed by atoms with van der Waals surface area (Å²) in [4.78, 5) is 0. The van der Waals surface area contributed by atoms with Crippen LogP contribution in [0.1, 0.15) is 12.0 Å². The van der Waals surface area contributed by atoms with Gasteiger partial charge in [-0.25, -0.2) is 4.39 Å². The average molecular weight is 262 g/mol. The summed E-state index contributed by atoms with van der Waals surface area (Å²) >= 11 is 5.66. The summed E-state index contributed by atoms with van der Waals surface area (Å²) in [7, 11) is 1.60. The number of aliphatic hydroxyl groups excluding tert-OH is 1. The van der Waals surface area contributed by atoms with Crippen LogP contribution in [-0.4, -0.2) is 31.5 Å². The van der Waals surface area contributed by atoms with Gasteiger partial charge in [-0.2, -0.15) is 0 Å². The van der Waals surface area contributed by atoms with Gasteiger partial charge >= 0.3 is 0 Å². The molecule has 0 radical (unpaired) electrons. The van der Waals surface area contributed by atoms with Gasteiger partial charge in [-0.1, -0.05) is 17.7 Å². The lowest BCUT2D eigenvalue weighted by Crippen LogP contribution is -2.33. The molecule has 0 heterocycles. The molecule has 3 nitrogen and oxygen atoms in total. The molecule has 0 aromatic heterocycles. The van der Waals surface area contributed by atoms with E-state index in [2.05, 4.69) is 5.32 Å². The van der Waals surface area contributed by atoms with Crippen molar-refractivity contribution in [2.45, 2.75) is 19.0 Å². The number of aliphatic hydroxyl groups is 1. The van der Waals surface area contributed by atoms with Crippen molar-refractivity contribution < 1.29 is 14.2 Å². The topological polar surface area (TPSA) is 41.5 Å². The van der Waals surface area contributed by atoms with Crippen LogP contribution in [0.5, 0.6) is 0 Å². The first-order valence-electron chi connectivity index (χ1n) is 5.44. The van der Waals surface area contributed by atoms with Gasteiger partial charge in [0.1, 0.15) is 5.82 Å². The molecule has 1 aromatic rings. The maximum atomic E-state index is 13.4. The van der Waals surface area contributed by atoms with Crippen LogP contribution in [0, 0.1) is 5.82 Å². The largest absolute Gasteiger partial charge is 0.395 e. The molecule has 2 N–H and O–H groups in total. The van der Waals surface area contributed by atoms with Crippen molar-refractivity contribution in [2.75, 3.05) is 20.3 Å². The van der Waals surface area contributed by atoms with Gasteiger partial charge < -0.3 is 15.2 Å². The maximum Gasteiger partial charge on any atom is 0.129 e. The number of ether oxygens (including phenoxy) is 1. The Hall–Kier alpha value is -0.680. The fourth-order valence-corrected chi connectivity index (χ4v) is 1.60. The molecule has 1 atom stereocenters. The van der Waals surface area contributed by atoms with Crippen molar-refractivity contribution in [3.63, 3.8) is 0 Å². The quantitative estimate of drug-likeness (QED) is 0.789. The molecule has 1 unspecified atom stereocenters. The minimum atomic E-state index is -0.339. The number of halogens is 2. The minimum Gasteiger partial charge on any atom is -0.395 e. The second-order valence-corrected chi connectivity index (χ2v) is 4.21. The molecular weight excluding hydrogens is 245 g/mol. The molecule has 0 saturated heterocycles. The Kier molecular flexibility index (Phi) is 6.44. The second kappa shape index (κ2) is 7.61. The Morgan fingerprint density at radius 2 is 2.29 bits per heavy atom. The molecular formula is C12H17ClFNO2. The van der Waals surface area contributed by atoms with E-state index in [1.807, 2.05) is 0 Å². The second-order valence-electron chi connectivity index (χ2n) is 3.78. The molecule has 0 spiro atoms. The molecule has 1 aromatic carbocycles. The summed E-state index contributed by atoms with van der Waals surface area (Å²) in [6, 6.07) is 4.46. The number of nitrogens with one attached hydrogen (secondary N) is 1. The average Bonchev–Trinajstić information content (AvgIpc) is 2.31. The number of hydrogen-bond donors (Lipinski definition) is 2. The molecule has 5 heteroatoms. The summed E-state index contributed by atoms with van der Waals surface area (Å²) in [6.45, 7) is 0.915. The SMILES string of the molecule is COCCC(CO)NCc1ccc(Cl)cc1F. The van der Waals surface area contributed by atoms with Crippen LogP contribution in [-0.2, 0) is 11.3 Å². The van der Waals surface area contributed by atoms with Crippen molar-refractivity contribution in [1.29, 1.82) is 0 Å². The minimum absolute atomic E-state index is 0.00142. The van der Waals surface area contributed by atoms with Crippen LogP contribution in [0.3, 0.4) is 0 Å². The van der Waals surface area contributed by atoms with Gasteiger partial charge in [0.15, 0.2) is 0 Å². The maximum absolute atomic E-state index is 13.4. The lowest BCUT2D eigenvalue weighted by Gasteiger charge is -2.16. The van der Waals surface area contributed by atoms with E-state index in [1.54, 1.807) is 19.2 Å². The molecule has 96 valence electrons. The van der Waals surface area contributed by atoms with E-state index in [4.69, 9.17) is 21.4 Å². The van der Waals surface area contributed by atoms with Crippen molar-refractivity contribution in [2.24, 2.45) is 0 Å². The highest BCUT2D eigenvalue weighted by Crippen LogP contribution is 2.14. The Balaban J connectivity index is 2.47. The number of benzene rings is 1. The predicted octanol–water partition coefficient (Wildman–Crippen LogP) is 1.97. The molecule has 0 saturated carbocycles. The molecule has 0 aliphatic rings. The van der Waals surface area contributed by atoms with Crippen molar-refractivity contribution >= 4 is 11.6 Å². The van der Waals surface area contributed by atoms with E-state index in [1.165, 1.54) is 6.07 Å². The summed E-state index contributed by atoms with van der Waals surface area (Å²) in [6.07, 6.45) is 0.683. The summed E-state index contributed by atoms with van der Waals surface area (Å²) in [5, 5.41) is 12.6. The number of hydrogen-bond acceptors (Lipinski definition) is 3. The van der Waals surface area contributed by atoms with Crippen LogP contribution in [0.4, 0.5) is 4.39 Å². The highest BCUT2D eigenvalue weighted by Gasteiger charge is 2.08. The zero-order chi connectivity index (χ0) is 12.7. The third kappa shape index (κ3) is 5.00. The molecule has 1 rings (SSSR count).